The number of para-hydroxylation sites is 1. The van der Waals surface area contributed by atoms with Crippen LogP contribution in [0.3, 0.4) is 0 Å². The van der Waals surface area contributed by atoms with E-state index >= 15 is 0 Å². The van der Waals surface area contributed by atoms with Crippen molar-refractivity contribution in [2.75, 3.05) is 0 Å². The van der Waals surface area contributed by atoms with Gasteiger partial charge >= 0.3 is 0 Å². The molecule has 0 amide bonds. The molecule has 0 aliphatic heterocycles. The van der Waals surface area contributed by atoms with E-state index in [9.17, 15) is 10.5 Å². The number of benzene rings is 6. The van der Waals surface area contributed by atoms with Crippen LogP contribution >= 0.6 is 11.3 Å². The Labute approximate surface area is 245 Å². The van der Waals surface area contributed by atoms with Gasteiger partial charge in [0.05, 0.1) is 17.2 Å². The summed E-state index contributed by atoms with van der Waals surface area (Å²) in [6, 6.07) is 45.6. The van der Waals surface area contributed by atoms with Crippen molar-refractivity contribution in [3.8, 4) is 45.5 Å². The van der Waals surface area contributed by atoms with E-state index in [1.54, 1.807) is 17.4 Å². The fourth-order valence-electron chi connectivity index (χ4n) is 5.99. The maximum atomic E-state index is 10.6. The summed E-state index contributed by atoms with van der Waals surface area (Å²) in [5.41, 5.74) is 8.31. The highest BCUT2D eigenvalue weighted by molar-refractivity contribution is 7.26. The minimum absolute atomic E-state index is 0.554. The zero-order valence-electron chi connectivity index (χ0n) is 22.3. The lowest BCUT2D eigenvalue weighted by molar-refractivity contribution is 0.669. The molecular weight excluding hydrogens is 532 g/mol. The molecule has 0 atom stereocenters. The van der Waals surface area contributed by atoms with Gasteiger partial charge in [-0.25, -0.2) is 0 Å². The zero-order valence-corrected chi connectivity index (χ0v) is 23.1. The molecule has 0 aliphatic carbocycles. The van der Waals surface area contributed by atoms with E-state index in [1.165, 1.54) is 15.5 Å². The molecule has 6 aromatic carbocycles. The van der Waals surface area contributed by atoms with Crippen molar-refractivity contribution in [2.45, 2.75) is 0 Å². The third-order valence-electron chi connectivity index (χ3n) is 7.96. The van der Waals surface area contributed by atoms with E-state index in [-0.39, 0.29) is 0 Å². The van der Waals surface area contributed by atoms with Gasteiger partial charge in [0.15, 0.2) is 0 Å². The Morgan fingerprint density at radius 2 is 1.26 bits per heavy atom. The quantitative estimate of drug-likeness (QED) is 0.219. The number of thiophene rings is 1. The van der Waals surface area contributed by atoms with E-state index in [4.69, 9.17) is 4.42 Å². The van der Waals surface area contributed by atoms with E-state index in [2.05, 4.69) is 91.0 Å². The fraction of sp³-hybridized carbons (Fsp3) is 0. The SMILES string of the molecule is N#Cc1cccc(-c2cc(-c3ccc4c(c3)oc3ccccc34)cc(-c3cccc4c3sc3ccccc34)c2C#N)c1. The van der Waals surface area contributed by atoms with Crippen LogP contribution in [0.4, 0.5) is 0 Å². The van der Waals surface area contributed by atoms with Crippen molar-refractivity contribution in [1.29, 1.82) is 10.5 Å². The summed E-state index contributed by atoms with van der Waals surface area (Å²) in [5, 5.41) is 24.8. The fourth-order valence-corrected chi connectivity index (χ4v) is 7.22. The third-order valence-corrected chi connectivity index (χ3v) is 9.18. The minimum Gasteiger partial charge on any atom is -0.456 e. The first kappa shape index (κ1) is 24.1. The second-order valence-corrected chi connectivity index (χ2v) is 11.4. The Hall–Kier alpha value is -5.68. The van der Waals surface area contributed by atoms with E-state index < -0.39 is 0 Å². The smallest absolute Gasteiger partial charge is 0.136 e. The van der Waals surface area contributed by atoms with Crippen LogP contribution in [0.1, 0.15) is 11.1 Å². The number of fused-ring (bicyclic) bond motifs is 6. The molecule has 3 nitrogen and oxygen atoms in total. The van der Waals surface area contributed by atoms with Gasteiger partial charge in [0, 0.05) is 47.6 Å². The average molecular weight is 553 g/mol. The van der Waals surface area contributed by atoms with Crippen molar-refractivity contribution in [3.05, 3.63) is 132 Å². The van der Waals surface area contributed by atoms with Gasteiger partial charge in [-0.1, -0.05) is 72.8 Å². The van der Waals surface area contributed by atoms with Gasteiger partial charge < -0.3 is 4.42 Å². The molecule has 0 fully saturated rings. The summed E-state index contributed by atoms with van der Waals surface area (Å²) in [6.45, 7) is 0. The summed E-state index contributed by atoms with van der Waals surface area (Å²) in [6.07, 6.45) is 0. The highest BCUT2D eigenvalue weighted by Crippen LogP contribution is 2.44. The topological polar surface area (TPSA) is 60.7 Å². The molecule has 4 heteroatoms. The first-order valence-electron chi connectivity index (χ1n) is 13.6. The molecule has 0 spiro atoms. The highest BCUT2D eigenvalue weighted by atomic mass is 32.1. The second-order valence-electron chi connectivity index (χ2n) is 10.3. The maximum absolute atomic E-state index is 10.6. The first-order valence-corrected chi connectivity index (χ1v) is 14.4. The summed E-state index contributed by atoms with van der Waals surface area (Å²) < 4.78 is 8.59. The average Bonchev–Trinajstić information content (AvgIpc) is 3.62. The normalized spacial score (nSPS) is 11.3. The molecule has 2 aromatic heterocycles. The standard InChI is InChI=1S/C38H20N2OS/c39-21-23-7-5-8-25(17-23)32-18-26(24-15-16-28-27-9-1-3-13-35(27)41-36(28)20-24)19-33(34(32)22-40)31-12-6-11-30-29-10-2-4-14-37(29)42-38(30)31/h1-20H. The van der Waals surface area contributed by atoms with Crippen molar-refractivity contribution in [3.63, 3.8) is 0 Å². The van der Waals surface area contributed by atoms with Crippen LogP contribution < -0.4 is 0 Å². The molecule has 8 rings (SSSR count). The van der Waals surface area contributed by atoms with Gasteiger partial charge in [0.25, 0.3) is 0 Å². The Balaban J connectivity index is 1.44. The lowest BCUT2D eigenvalue weighted by Crippen LogP contribution is -1.93. The molecule has 0 radical (unpaired) electrons. The molecule has 0 bridgehead atoms. The van der Waals surface area contributed by atoms with Crippen LogP contribution in [-0.4, -0.2) is 0 Å². The number of hydrogen-bond donors (Lipinski definition) is 0. The molecule has 0 saturated carbocycles. The summed E-state index contributed by atoms with van der Waals surface area (Å²) in [4.78, 5) is 0. The van der Waals surface area contributed by atoms with Crippen LogP contribution in [0.25, 0.3) is 75.5 Å². The third kappa shape index (κ3) is 3.71. The minimum atomic E-state index is 0.554. The Kier molecular flexibility index (Phi) is 5.44. The number of hydrogen-bond acceptors (Lipinski definition) is 4. The molecule has 8 aromatic rings. The molecule has 42 heavy (non-hydrogen) atoms. The number of nitriles is 2. The molecule has 2 heterocycles. The predicted molar refractivity (Wildman–Crippen MR) is 172 cm³/mol. The largest absolute Gasteiger partial charge is 0.456 e. The second kappa shape index (κ2) is 9.46. The van der Waals surface area contributed by atoms with Gasteiger partial charge in [-0.05, 0) is 65.2 Å². The lowest BCUT2D eigenvalue weighted by Gasteiger charge is -2.15. The first-order chi connectivity index (χ1) is 20.7. The summed E-state index contributed by atoms with van der Waals surface area (Å²) in [7, 11) is 0. The molecule has 194 valence electrons. The number of rotatable bonds is 3. The molecule has 0 aliphatic rings. The van der Waals surface area contributed by atoms with Gasteiger partial charge in [0.1, 0.15) is 17.2 Å². The highest BCUT2D eigenvalue weighted by Gasteiger charge is 2.19. The number of furan rings is 1. The molecule has 0 unspecified atom stereocenters. The van der Waals surface area contributed by atoms with Crippen LogP contribution in [0.15, 0.2) is 126 Å². The monoisotopic (exact) mass is 552 g/mol. The van der Waals surface area contributed by atoms with Crippen molar-refractivity contribution >= 4 is 53.4 Å². The Morgan fingerprint density at radius 3 is 2.14 bits per heavy atom. The zero-order chi connectivity index (χ0) is 28.2. The van der Waals surface area contributed by atoms with Gasteiger partial charge in [0.2, 0.25) is 0 Å². The van der Waals surface area contributed by atoms with Crippen LogP contribution in [0.2, 0.25) is 0 Å². The predicted octanol–water partition coefficient (Wildman–Crippen LogP) is 10.7. The Morgan fingerprint density at radius 1 is 0.500 bits per heavy atom. The Bertz CT molecular complexity index is 2450. The maximum Gasteiger partial charge on any atom is 0.136 e. The molecular formula is C38H20N2OS. The van der Waals surface area contributed by atoms with Gasteiger partial charge in [-0.3, -0.25) is 0 Å². The summed E-state index contributed by atoms with van der Waals surface area (Å²) >= 11 is 1.75. The molecule has 0 N–H and O–H groups in total. The van der Waals surface area contributed by atoms with Crippen LogP contribution in [0, 0.1) is 22.7 Å². The molecule has 0 saturated heterocycles. The van der Waals surface area contributed by atoms with Gasteiger partial charge in [-0.2, -0.15) is 10.5 Å². The van der Waals surface area contributed by atoms with Crippen LogP contribution in [0.5, 0.6) is 0 Å². The number of nitrogens with zero attached hydrogens (tertiary/aromatic N) is 2. The summed E-state index contributed by atoms with van der Waals surface area (Å²) in [5.74, 6) is 0. The van der Waals surface area contributed by atoms with E-state index in [1.807, 2.05) is 36.4 Å². The van der Waals surface area contributed by atoms with E-state index in [0.717, 1.165) is 60.0 Å². The van der Waals surface area contributed by atoms with E-state index in [0.29, 0.717) is 11.1 Å². The van der Waals surface area contributed by atoms with Crippen molar-refractivity contribution in [2.24, 2.45) is 0 Å². The van der Waals surface area contributed by atoms with Gasteiger partial charge in [-0.15, -0.1) is 11.3 Å². The lowest BCUT2D eigenvalue weighted by atomic mass is 9.87. The van der Waals surface area contributed by atoms with Crippen LogP contribution in [-0.2, 0) is 0 Å². The van der Waals surface area contributed by atoms with Crippen molar-refractivity contribution in [1.82, 2.24) is 0 Å². The van der Waals surface area contributed by atoms with Crippen molar-refractivity contribution < 1.29 is 4.42 Å².